The number of hydrogen-bond donors (Lipinski definition) is 2. The van der Waals surface area contributed by atoms with Crippen LogP contribution in [0.1, 0.15) is 25.5 Å². The van der Waals surface area contributed by atoms with Crippen LogP contribution in [0.15, 0.2) is 44.4 Å². The van der Waals surface area contributed by atoms with E-state index in [1.165, 1.54) is 11.3 Å². The summed E-state index contributed by atoms with van der Waals surface area (Å²) in [5.41, 5.74) is 1.61. The first-order chi connectivity index (χ1) is 9.94. The standard InChI is InChI=1S/C14H17BrN2O2S2/c1-3-16-10(2)11-5-4-6-12(9-11)17-21(18,19)14-13(15)7-8-20-14/h4-10,16-17H,3H2,1-2H3. The molecule has 21 heavy (non-hydrogen) atoms. The van der Waals surface area contributed by atoms with Gasteiger partial charge in [-0.15, -0.1) is 11.3 Å². The summed E-state index contributed by atoms with van der Waals surface area (Å²) < 4.78 is 28.2. The molecule has 0 aliphatic heterocycles. The van der Waals surface area contributed by atoms with Gasteiger partial charge >= 0.3 is 0 Å². The number of halogens is 1. The third kappa shape index (κ3) is 4.06. The van der Waals surface area contributed by atoms with Crippen LogP contribution in [0.2, 0.25) is 0 Å². The molecular weight excluding hydrogens is 372 g/mol. The first-order valence-corrected chi connectivity index (χ1v) is 9.68. The number of sulfonamides is 1. The van der Waals surface area contributed by atoms with Crippen LogP contribution in [0.3, 0.4) is 0 Å². The van der Waals surface area contributed by atoms with Crippen LogP contribution in [0.4, 0.5) is 5.69 Å². The van der Waals surface area contributed by atoms with Gasteiger partial charge in [0.2, 0.25) is 0 Å². The normalized spacial score (nSPS) is 13.1. The van der Waals surface area contributed by atoms with E-state index >= 15 is 0 Å². The summed E-state index contributed by atoms with van der Waals surface area (Å²) in [6.07, 6.45) is 0. The summed E-state index contributed by atoms with van der Waals surface area (Å²) in [5.74, 6) is 0. The van der Waals surface area contributed by atoms with Gasteiger partial charge in [-0.1, -0.05) is 19.1 Å². The average Bonchev–Trinajstić information content (AvgIpc) is 2.86. The maximum absolute atomic E-state index is 12.3. The Labute approximate surface area is 137 Å². The molecule has 0 spiro atoms. The Morgan fingerprint density at radius 2 is 2.10 bits per heavy atom. The maximum atomic E-state index is 12.3. The van der Waals surface area contributed by atoms with Gasteiger partial charge in [-0.2, -0.15) is 0 Å². The third-order valence-corrected chi connectivity index (χ3v) is 7.03. The SMILES string of the molecule is CCNC(C)c1cccc(NS(=O)(=O)c2sccc2Br)c1. The summed E-state index contributed by atoms with van der Waals surface area (Å²) in [4.78, 5) is 0. The molecule has 0 saturated carbocycles. The van der Waals surface area contributed by atoms with E-state index in [4.69, 9.17) is 0 Å². The second-order valence-electron chi connectivity index (χ2n) is 4.57. The largest absolute Gasteiger partial charge is 0.310 e. The monoisotopic (exact) mass is 388 g/mol. The molecule has 0 bridgehead atoms. The van der Waals surface area contributed by atoms with Gasteiger partial charge in [-0.3, -0.25) is 4.72 Å². The zero-order chi connectivity index (χ0) is 15.5. The van der Waals surface area contributed by atoms with E-state index in [0.717, 1.165) is 12.1 Å². The van der Waals surface area contributed by atoms with Crippen LogP contribution in [-0.2, 0) is 10.0 Å². The number of thiophene rings is 1. The van der Waals surface area contributed by atoms with Crippen molar-refractivity contribution in [1.82, 2.24) is 5.32 Å². The molecule has 1 aromatic heterocycles. The van der Waals surface area contributed by atoms with Crippen molar-refractivity contribution in [1.29, 1.82) is 0 Å². The topological polar surface area (TPSA) is 58.2 Å². The van der Waals surface area contributed by atoms with E-state index in [1.807, 2.05) is 32.0 Å². The van der Waals surface area contributed by atoms with Crippen molar-refractivity contribution >= 4 is 43.0 Å². The van der Waals surface area contributed by atoms with E-state index in [9.17, 15) is 8.42 Å². The molecule has 0 saturated heterocycles. The lowest BCUT2D eigenvalue weighted by Crippen LogP contribution is -2.18. The van der Waals surface area contributed by atoms with Crippen molar-refractivity contribution in [3.63, 3.8) is 0 Å². The highest BCUT2D eigenvalue weighted by molar-refractivity contribution is 9.10. The molecular formula is C14H17BrN2O2S2. The van der Waals surface area contributed by atoms with E-state index in [1.54, 1.807) is 17.5 Å². The van der Waals surface area contributed by atoms with Crippen LogP contribution in [0, 0.1) is 0 Å². The highest BCUT2D eigenvalue weighted by Crippen LogP contribution is 2.29. The Morgan fingerprint density at radius 3 is 2.71 bits per heavy atom. The van der Waals surface area contributed by atoms with Crippen LogP contribution in [-0.4, -0.2) is 15.0 Å². The number of nitrogens with one attached hydrogen (secondary N) is 2. The van der Waals surface area contributed by atoms with E-state index < -0.39 is 10.0 Å². The fraction of sp³-hybridized carbons (Fsp3) is 0.286. The Hall–Kier alpha value is -0.890. The van der Waals surface area contributed by atoms with Gasteiger partial charge in [0, 0.05) is 16.2 Å². The van der Waals surface area contributed by atoms with Gasteiger partial charge in [-0.05, 0) is 58.5 Å². The molecule has 1 heterocycles. The molecule has 0 amide bonds. The molecule has 1 atom stereocenters. The van der Waals surface area contributed by atoms with Gasteiger partial charge in [0.05, 0.1) is 0 Å². The first-order valence-electron chi connectivity index (χ1n) is 6.53. The van der Waals surface area contributed by atoms with Gasteiger partial charge in [0.1, 0.15) is 0 Å². The van der Waals surface area contributed by atoms with Crippen molar-refractivity contribution in [2.75, 3.05) is 11.3 Å². The molecule has 2 rings (SSSR count). The van der Waals surface area contributed by atoms with Crippen LogP contribution in [0.25, 0.3) is 0 Å². The summed E-state index contributed by atoms with van der Waals surface area (Å²) in [6, 6.07) is 9.33. The van der Waals surface area contributed by atoms with E-state index in [-0.39, 0.29) is 10.3 Å². The third-order valence-electron chi connectivity index (χ3n) is 2.98. The molecule has 2 N–H and O–H groups in total. The van der Waals surface area contributed by atoms with Crippen molar-refractivity contribution in [2.45, 2.75) is 24.1 Å². The number of anilines is 1. The van der Waals surface area contributed by atoms with Crippen LogP contribution < -0.4 is 10.0 Å². The van der Waals surface area contributed by atoms with Crippen LogP contribution in [0.5, 0.6) is 0 Å². The predicted molar refractivity (Wildman–Crippen MR) is 91.4 cm³/mol. The maximum Gasteiger partial charge on any atom is 0.272 e. The van der Waals surface area contributed by atoms with Gasteiger partial charge in [-0.25, -0.2) is 8.42 Å². The lowest BCUT2D eigenvalue weighted by Gasteiger charge is -2.14. The minimum atomic E-state index is -3.55. The summed E-state index contributed by atoms with van der Waals surface area (Å²) in [5, 5.41) is 5.04. The van der Waals surface area contributed by atoms with E-state index in [2.05, 4.69) is 26.0 Å². The Balaban J connectivity index is 2.24. The first kappa shape index (κ1) is 16.5. The van der Waals surface area contributed by atoms with Gasteiger partial charge in [0.25, 0.3) is 10.0 Å². The second kappa shape index (κ2) is 6.91. The Kier molecular flexibility index (Phi) is 5.43. The number of rotatable bonds is 6. The fourth-order valence-corrected chi connectivity index (χ4v) is 5.36. The van der Waals surface area contributed by atoms with Crippen molar-refractivity contribution in [2.24, 2.45) is 0 Å². The summed E-state index contributed by atoms with van der Waals surface area (Å²) in [6.45, 7) is 4.95. The average molecular weight is 389 g/mol. The van der Waals surface area contributed by atoms with Crippen molar-refractivity contribution < 1.29 is 8.42 Å². The molecule has 0 aliphatic carbocycles. The van der Waals surface area contributed by atoms with Crippen LogP contribution >= 0.6 is 27.3 Å². The Morgan fingerprint density at radius 1 is 1.33 bits per heavy atom. The number of hydrogen-bond acceptors (Lipinski definition) is 4. The fourth-order valence-electron chi connectivity index (χ4n) is 1.97. The summed E-state index contributed by atoms with van der Waals surface area (Å²) >= 11 is 4.44. The van der Waals surface area contributed by atoms with Gasteiger partial charge < -0.3 is 5.32 Å². The molecule has 0 fully saturated rings. The minimum Gasteiger partial charge on any atom is -0.310 e. The Bertz CT molecular complexity index is 713. The smallest absolute Gasteiger partial charge is 0.272 e. The zero-order valence-corrected chi connectivity index (χ0v) is 15.0. The molecule has 114 valence electrons. The molecule has 2 aromatic rings. The lowest BCUT2D eigenvalue weighted by atomic mass is 10.1. The summed E-state index contributed by atoms with van der Waals surface area (Å²) in [7, 11) is -3.55. The van der Waals surface area contributed by atoms with E-state index in [0.29, 0.717) is 10.2 Å². The molecule has 1 aromatic carbocycles. The highest BCUT2D eigenvalue weighted by Gasteiger charge is 2.19. The number of benzene rings is 1. The lowest BCUT2D eigenvalue weighted by molar-refractivity contribution is 0.597. The van der Waals surface area contributed by atoms with Crippen molar-refractivity contribution in [3.8, 4) is 0 Å². The molecule has 0 aliphatic rings. The molecule has 0 radical (unpaired) electrons. The quantitative estimate of drug-likeness (QED) is 0.786. The van der Waals surface area contributed by atoms with Gasteiger partial charge in [0.15, 0.2) is 4.21 Å². The molecule has 1 unspecified atom stereocenters. The molecule has 7 heteroatoms. The van der Waals surface area contributed by atoms with Crippen molar-refractivity contribution in [3.05, 3.63) is 45.7 Å². The zero-order valence-electron chi connectivity index (χ0n) is 11.8. The second-order valence-corrected chi connectivity index (χ2v) is 8.21. The predicted octanol–water partition coefficient (Wildman–Crippen LogP) is 3.98. The minimum absolute atomic E-state index is 0.174. The molecule has 4 nitrogen and oxygen atoms in total. The highest BCUT2D eigenvalue weighted by atomic mass is 79.9.